The van der Waals surface area contributed by atoms with Crippen LogP contribution < -0.4 is 0 Å². The molecular formula is C18H34O3. The molecule has 0 aromatic rings. The van der Waals surface area contributed by atoms with Gasteiger partial charge in [-0.15, -0.1) is 0 Å². The van der Waals surface area contributed by atoms with Gasteiger partial charge in [0.25, 0.3) is 0 Å². The number of hydrogen-bond donors (Lipinski definition) is 0. The molecule has 0 N–H and O–H groups in total. The zero-order valence-electron chi connectivity index (χ0n) is 14.1. The van der Waals surface area contributed by atoms with Crippen LogP contribution in [0.1, 0.15) is 90.9 Å². The molecule has 21 heavy (non-hydrogen) atoms. The molecule has 0 saturated carbocycles. The molecule has 3 nitrogen and oxygen atoms in total. The van der Waals surface area contributed by atoms with Gasteiger partial charge in [-0.2, -0.15) is 0 Å². The highest BCUT2D eigenvalue weighted by molar-refractivity contribution is 5.69. The van der Waals surface area contributed by atoms with Gasteiger partial charge in [0.2, 0.25) is 0 Å². The van der Waals surface area contributed by atoms with Crippen molar-refractivity contribution in [1.29, 1.82) is 0 Å². The van der Waals surface area contributed by atoms with Gasteiger partial charge in [0.05, 0.1) is 6.61 Å². The minimum atomic E-state index is -0.0362. The Morgan fingerprint density at radius 3 is 2.29 bits per heavy atom. The Hall–Kier alpha value is -0.860. The van der Waals surface area contributed by atoms with E-state index in [4.69, 9.17) is 4.74 Å². The van der Waals surface area contributed by atoms with Crippen molar-refractivity contribution in [3.63, 3.8) is 0 Å². The molecule has 0 spiro atoms. The molecule has 0 saturated heterocycles. The Labute approximate surface area is 130 Å². The predicted molar refractivity (Wildman–Crippen MR) is 87.3 cm³/mol. The summed E-state index contributed by atoms with van der Waals surface area (Å²) in [5.41, 5.74) is 0. The standard InChI is InChI=1S/C18H34O3/c1-3-5-13-17(4-2)16-21-18(20)14-11-9-7-6-8-10-12-15-19/h15,17H,3-14,16H2,1-2H3. The largest absolute Gasteiger partial charge is 0.465 e. The Bertz CT molecular complexity index is 251. The zero-order chi connectivity index (χ0) is 15.8. The van der Waals surface area contributed by atoms with Crippen LogP contribution in [0.5, 0.6) is 0 Å². The molecule has 1 unspecified atom stereocenters. The third-order valence-corrected chi connectivity index (χ3v) is 3.98. The fourth-order valence-electron chi connectivity index (χ4n) is 2.39. The second-order valence-electron chi connectivity index (χ2n) is 5.93. The number of rotatable bonds is 15. The van der Waals surface area contributed by atoms with Crippen molar-refractivity contribution in [2.75, 3.05) is 6.61 Å². The van der Waals surface area contributed by atoms with E-state index in [0.29, 0.717) is 25.4 Å². The molecule has 0 aliphatic carbocycles. The van der Waals surface area contributed by atoms with Crippen LogP contribution >= 0.6 is 0 Å². The molecule has 0 aliphatic heterocycles. The Morgan fingerprint density at radius 2 is 1.67 bits per heavy atom. The van der Waals surface area contributed by atoms with Crippen LogP contribution in [0.15, 0.2) is 0 Å². The topological polar surface area (TPSA) is 43.4 Å². The van der Waals surface area contributed by atoms with Crippen LogP contribution in [0.3, 0.4) is 0 Å². The third-order valence-electron chi connectivity index (χ3n) is 3.98. The van der Waals surface area contributed by atoms with Gasteiger partial charge in [0, 0.05) is 12.8 Å². The van der Waals surface area contributed by atoms with E-state index in [1.807, 2.05) is 0 Å². The van der Waals surface area contributed by atoms with Gasteiger partial charge in [-0.25, -0.2) is 0 Å². The molecule has 0 radical (unpaired) electrons. The first kappa shape index (κ1) is 20.1. The summed E-state index contributed by atoms with van der Waals surface area (Å²) in [6, 6.07) is 0. The molecule has 0 bridgehead atoms. The van der Waals surface area contributed by atoms with E-state index in [9.17, 15) is 9.59 Å². The number of carbonyl (C=O) groups excluding carboxylic acids is 2. The third kappa shape index (κ3) is 13.9. The van der Waals surface area contributed by atoms with E-state index >= 15 is 0 Å². The van der Waals surface area contributed by atoms with Gasteiger partial charge in [0.15, 0.2) is 0 Å². The van der Waals surface area contributed by atoms with Gasteiger partial charge >= 0.3 is 5.97 Å². The van der Waals surface area contributed by atoms with Crippen molar-refractivity contribution < 1.29 is 14.3 Å². The minimum absolute atomic E-state index is 0.0362. The summed E-state index contributed by atoms with van der Waals surface area (Å²) in [4.78, 5) is 21.8. The maximum atomic E-state index is 11.7. The number of ether oxygens (including phenoxy) is 1. The average Bonchev–Trinajstić information content (AvgIpc) is 2.50. The highest BCUT2D eigenvalue weighted by atomic mass is 16.5. The zero-order valence-corrected chi connectivity index (χ0v) is 14.1. The van der Waals surface area contributed by atoms with Crippen molar-refractivity contribution >= 4 is 12.3 Å². The van der Waals surface area contributed by atoms with Crippen LogP contribution in [0, 0.1) is 5.92 Å². The second-order valence-corrected chi connectivity index (χ2v) is 5.93. The van der Waals surface area contributed by atoms with Crippen molar-refractivity contribution in [3.8, 4) is 0 Å². The van der Waals surface area contributed by atoms with Crippen LogP contribution in [-0.4, -0.2) is 18.9 Å². The molecule has 0 aromatic carbocycles. The van der Waals surface area contributed by atoms with Gasteiger partial charge in [0.1, 0.15) is 6.29 Å². The van der Waals surface area contributed by atoms with E-state index in [2.05, 4.69) is 13.8 Å². The fourth-order valence-corrected chi connectivity index (χ4v) is 2.39. The van der Waals surface area contributed by atoms with E-state index in [-0.39, 0.29) is 5.97 Å². The summed E-state index contributed by atoms with van der Waals surface area (Å²) in [5.74, 6) is 0.498. The lowest BCUT2D eigenvalue weighted by Crippen LogP contribution is -2.13. The molecule has 124 valence electrons. The maximum absolute atomic E-state index is 11.7. The number of esters is 1. The van der Waals surface area contributed by atoms with E-state index < -0.39 is 0 Å². The highest BCUT2D eigenvalue weighted by Gasteiger charge is 2.09. The molecule has 3 heteroatoms. The smallest absolute Gasteiger partial charge is 0.305 e. The lowest BCUT2D eigenvalue weighted by molar-refractivity contribution is -0.145. The Balaban J connectivity index is 3.42. The first-order valence-corrected chi connectivity index (χ1v) is 8.83. The molecule has 1 atom stereocenters. The number of hydrogen-bond acceptors (Lipinski definition) is 3. The molecule has 0 rings (SSSR count). The fraction of sp³-hybridized carbons (Fsp3) is 0.889. The number of unbranched alkanes of at least 4 members (excludes halogenated alkanes) is 7. The van der Waals surface area contributed by atoms with Crippen LogP contribution in [0.25, 0.3) is 0 Å². The molecule has 0 aliphatic rings. The van der Waals surface area contributed by atoms with Crippen molar-refractivity contribution in [3.05, 3.63) is 0 Å². The van der Waals surface area contributed by atoms with E-state index in [0.717, 1.165) is 51.2 Å². The summed E-state index contributed by atoms with van der Waals surface area (Å²) >= 11 is 0. The summed E-state index contributed by atoms with van der Waals surface area (Å²) in [6.07, 6.45) is 13.4. The minimum Gasteiger partial charge on any atom is -0.465 e. The second kappa shape index (κ2) is 15.5. The van der Waals surface area contributed by atoms with Crippen molar-refractivity contribution in [2.24, 2.45) is 5.92 Å². The summed E-state index contributed by atoms with van der Waals surface area (Å²) in [7, 11) is 0. The lowest BCUT2D eigenvalue weighted by Gasteiger charge is -2.14. The molecule has 0 amide bonds. The van der Waals surface area contributed by atoms with Crippen LogP contribution in [0.4, 0.5) is 0 Å². The Morgan fingerprint density at radius 1 is 1.00 bits per heavy atom. The van der Waals surface area contributed by atoms with E-state index in [1.54, 1.807) is 0 Å². The summed E-state index contributed by atoms with van der Waals surface area (Å²) < 4.78 is 5.37. The average molecular weight is 298 g/mol. The maximum Gasteiger partial charge on any atom is 0.305 e. The predicted octanol–water partition coefficient (Wildman–Crippen LogP) is 5.07. The van der Waals surface area contributed by atoms with Gasteiger partial charge in [-0.05, 0) is 25.2 Å². The van der Waals surface area contributed by atoms with E-state index in [1.165, 1.54) is 19.3 Å². The van der Waals surface area contributed by atoms with Gasteiger partial charge in [-0.1, -0.05) is 58.8 Å². The Kier molecular flexibility index (Phi) is 14.9. The number of aldehydes is 1. The SMILES string of the molecule is CCCCC(CC)COC(=O)CCCCCCCCC=O. The lowest BCUT2D eigenvalue weighted by atomic mass is 10.0. The first-order chi connectivity index (χ1) is 10.2. The highest BCUT2D eigenvalue weighted by Crippen LogP contribution is 2.14. The van der Waals surface area contributed by atoms with Crippen LogP contribution in [0.2, 0.25) is 0 Å². The van der Waals surface area contributed by atoms with Crippen LogP contribution in [-0.2, 0) is 14.3 Å². The quantitative estimate of drug-likeness (QED) is 0.241. The first-order valence-electron chi connectivity index (χ1n) is 8.83. The normalized spacial score (nSPS) is 12.1. The molecule has 0 fully saturated rings. The van der Waals surface area contributed by atoms with Gasteiger partial charge in [-0.3, -0.25) is 4.79 Å². The summed E-state index contributed by atoms with van der Waals surface area (Å²) in [5, 5.41) is 0. The number of carbonyl (C=O) groups is 2. The molecular weight excluding hydrogens is 264 g/mol. The summed E-state index contributed by atoms with van der Waals surface area (Å²) in [6.45, 7) is 4.96. The molecule has 0 heterocycles. The van der Waals surface area contributed by atoms with Crippen molar-refractivity contribution in [2.45, 2.75) is 90.9 Å². The van der Waals surface area contributed by atoms with Crippen molar-refractivity contribution in [1.82, 2.24) is 0 Å². The molecule has 0 aromatic heterocycles. The van der Waals surface area contributed by atoms with Gasteiger partial charge < -0.3 is 9.53 Å². The monoisotopic (exact) mass is 298 g/mol.